The van der Waals surface area contributed by atoms with Crippen molar-refractivity contribution < 1.29 is 19.4 Å². The van der Waals surface area contributed by atoms with Crippen LogP contribution < -0.4 is 10.9 Å². The van der Waals surface area contributed by atoms with Crippen molar-refractivity contribution in [2.24, 2.45) is 0 Å². The van der Waals surface area contributed by atoms with Gasteiger partial charge in [0.15, 0.2) is 6.04 Å². The molecule has 8 nitrogen and oxygen atoms in total. The number of aromatic nitrogens is 2. The maximum Gasteiger partial charge on any atom is 0.328 e. The molecule has 1 atom stereocenters. The van der Waals surface area contributed by atoms with Gasteiger partial charge in [-0.25, -0.2) is 9.78 Å². The summed E-state index contributed by atoms with van der Waals surface area (Å²) in [6.45, 7) is -0.162. The van der Waals surface area contributed by atoms with Crippen LogP contribution in [-0.2, 0) is 9.53 Å². The molecule has 0 aliphatic carbocycles. The first kappa shape index (κ1) is 12.8. The Morgan fingerprint density at radius 3 is 2.82 bits per heavy atom. The molecule has 0 saturated carbocycles. The van der Waals surface area contributed by atoms with Crippen LogP contribution in [0.15, 0.2) is 17.2 Å². The zero-order valence-electron chi connectivity index (χ0n) is 8.97. The third kappa shape index (κ3) is 3.68. The fourth-order valence-electron chi connectivity index (χ4n) is 1.04. The lowest BCUT2D eigenvalue weighted by Gasteiger charge is -2.12. The molecule has 3 N–H and O–H groups in total. The summed E-state index contributed by atoms with van der Waals surface area (Å²) in [4.78, 5) is 38.8. The molecule has 0 aliphatic heterocycles. The van der Waals surface area contributed by atoms with Gasteiger partial charge in [0, 0.05) is 13.3 Å². The number of hydrogen-bond donors (Lipinski definition) is 3. The molecule has 1 aromatic heterocycles. The number of H-pyrrole nitrogens is 1. The summed E-state index contributed by atoms with van der Waals surface area (Å²) < 4.78 is 4.65. The van der Waals surface area contributed by atoms with Crippen molar-refractivity contribution in [3.8, 4) is 0 Å². The van der Waals surface area contributed by atoms with Crippen molar-refractivity contribution in [1.82, 2.24) is 15.3 Å². The summed E-state index contributed by atoms with van der Waals surface area (Å²) in [6, 6.07) is -1.17. The number of carboxylic acids is 1. The maximum atomic E-state index is 11.5. The van der Waals surface area contributed by atoms with E-state index in [1.165, 1.54) is 7.11 Å². The molecule has 92 valence electrons. The van der Waals surface area contributed by atoms with Gasteiger partial charge < -0.3 is 20.1 Å². The first-order chi connectivity index (χ1) is 8.04. The Morgan fingerprint density at radius 1 is 1.65 bits per heavy atom. The van der Waals surface area contributed by atoms with Gasteiger partial charge in [-0.15, -0.1) is 0 Å². The summed E-state index contributed by atoms with van der Waals surface area (Å²) in [5.41, 5.74) is -0.528. The average molecular weight is 241 g/mol. The van der Waals surface area contributed by atoms with Crippen LogP contribution in [0.4, 0.5) is 0 Å². The van der Waals surface area contributed by atoms with Gasteiger partial charge >= 0.3 is 5.97 Å². The molecule has 1 aromatic rings. The molecule has 17 heavy (non-hydrogen) atoms. The van der Waals surface area contributed by atoms with Crippen LogP contribution >= 0.6 is 0 Å². The van der Waals surface area contributed by atoms with Gasteiger partial charge in [-0.2, -0.15) is 0 Å². The highest BCUT2D eigenvalue weighted by Crippen LogP contribution is 1.92. The van der Waals surface area contributed by atoms with Crippen molar-refractivity contribution in [2.75, 3.05) is 13.7 Å². The van der Waals surface area contributed by atoms with Crippen molar-refractivity contribution in [3.05, 3.63) is 28.4 Å². The third-order valence-corrected chi connectivity index (χ3v) is 1.84. The van der Waals surface area contributed by atoms with Crippen molar-refractivity contribution in [2.45, 2.75) is 6.04 Å². The number of carbonyl (C=O) groups excluding carboxylic acids is 1. The van der Waals surface area contributed by atoms with Crippen LogP contribution in [0.25, 0.3) is 0 Å². The van der Waals surface area contributed by atoms with Gasteiger partial charge in [-0.3, -0.25) is 9.59 Å². The van der Waals surface area contributed by atoms with Gasteiger partial charge in [0.25, 0.3) is 11.5 Å². The van der Waals surface area contributed by atoms with Gasteiger partial charge in [0.05, 0.1) is 12.8 Å². The molecule has 0 fully saturated rings. The fraction of sp³-hybridized carbons (Fsp3) is 0.333. The molecule has 0 aliphatic rings. The molecule has 8 heteroatoms. The first-order valence-corrected chi connectivity index (χ1v) is 4.62. The number of carbonyl (C=O) groups is 2. The Morgan fingerprint density at radius 2 is 2.35 bits per heavy atom. The topological polar surface area (TPSA) is 121 Å². The number of aliphatic carboxylic acids is 1. The van der Waals surface area contributed by atoms with E-state index >= 15 is 0 Å². The number of hydrogen-bond acceptors (Lipinski definition) is 5. The predicted octanol–water partition coefficient (Wildman–Crippen LogP) is -1.40. The standard InChI is InChI=1S/C9H11N3O5/c1-17-4-6(9(15)16)12-8(14)5-2-11-7(13)3-10-5/h2-3,6H,4H2,1H3,(H,11,13)(H,12,14)(H,15,16). The molecular weight excluding hydrogens is 230 g/mol. The number of nitrogens with one attached hydrogen (secondary N) is 2. The van der Waals surface area contributed by atoms with E-state index < -0.39 is 23.5 Å². The minimum absolute atomic E-state index is 0.0769. The quantitative estimate of drug-likeness (QED) is 0.582. The van der Waals surface area contributed by atoms with Crippen LogP contribution in [0.2, 0.25) is 0 Å². The molecule has 1 unspecified atom stereocenters. The third-order valence-electron chi connectivity index (χ3n) is 1.84. The van der Waals surface area contributed by atoms with Gasteiger partial charge in [-0.1, -0.05) is 0 Å². The number of ether oxygens (including phenoxy) is 1. The molecule has 0 aromatic carbocycles. The van der Waals surface area contributed by atoms with Crippen LogP contribution in [0.5, 0.6) is 0 Å². The highest BCUT2D eigenvalue weighted by Gasteiger charge is 2.20. The van der Waals surface area contributed by atoms with Crippen LogP contribution in [-0.4, -0.2) is 46.7 Å². The smallest absolute Gasteiger partial charge is 0.328 e. The number of nitrogens with zero attached hydrogens (tertiary/aromatic N) is 1. The second-order valence-corrected chi connectivity index (χ2v) is 3.12. The Kier molecular flexibility index (Phi) is 4.35. The summed E-state index contributed by atoms with van der Waals surface area (Å²) in [6.07, 6.45) is 2.03. The molecule has 0 bridgehead atoms. The maximum absolute atomic E-state index is 11.5. The Balaban J connectivity index is 2.73. The van der Waals surface area contributed by atoms with E-state index in [-0.39, 0.29) is 12.3 Å². The summed E-state index contributed by atoms with van der Waals surface area (Å²) >= 11 is 0. The van der Waals surface area contributed by atoms with Crippen molar-refractivity contribution in [3.63, 3.8) is 0 Å². The van der Waals surface area contributed by atoms with Gasteiger partial charge in [0.1, 0.15) is 5.69 Å². The van der Waals surface area contributed by atoms with Crippen molar-refractivity contribution in [1.29, 1.82) is 0 Å². The van der Waals surface area contributed by atoms with Gasteiger partial charge in [0.2, 0.25) is 0 Å². The fourth-order valence-corrected chi connectivity index (χ4v) is 1.04. The zero-order chi connectivity index (χ0) is 12.8. The number of aromatic amines is 1. The summed E-state index contributed by atoms with van der Waals surface area (Å²) in [5, 5.41) is 11.0. The Bertz CT molecular complexity index is 449. The highest BCUT2D eigenvalue weighted by molar-refractivity contribution is 5.94. The second-order valence-electron chi connectivity index (χ2n) is 3.12. The van der Waals surface area contributed by atoms with E-state index in [1.54, 1.807) is 0 Å². The highest BCUT2D eigenvalue weighted by atomic mass is 16.5. The van der Waals surface area contributed by atoms with E-state index in [1.807, 2.05) is 0 Å². The predicted molar refractivity (Wildman–Crippen MR) is 55.6 cm³/mol. The lowest BCUT2D eigenvalue weighted by atomic mass is 10.3. The van der Waals surface area contributed by atoms with E-state index in [9.17, 15) is 14.4 Å². The minimum Gasteiger partial charge on any atom is -0.480 e. The molecule has 0 radical (unpaired) electrons. The Hall–Kier alpha value is -2.22. The number of carboxylic acid groups (broad SMARTS) is 1. The van der Waals surface area contributed by atoms with Gasteiger partial charge in [-0.05, 0) is 0 Å². The van der Waals surface area contributed by atoms with E-state index in [4.69, 9.17) is 5.11 Å². The Labute approximate surface area is 95.6 Å². The number of amides is 1. The van der Waals surface area contributed by atoms with E-state index in [0.717, 1.165) is 12.4 Å². The molecule has 0 saturated heterocycles. The van der Waals surface area contributed by atoms with Crippen molar-refractivity contribution >= 4 is 11.9 Å². The normalized spacial score (nSPS) is 11.8. The monoisotopic (exact) mass is 241 g/mol. The second kappa shape index (κ2) is 5.75. The molecule has 1 rings (SSSR count). The lowest BCUT2D eigenvalue weighted by molar-refractivity contribution is -0.140. The number of methoxy groups -OCH3 is 1. The molecule has 0 spiro atoms. The SMILES string of the molecule is COCC(NC(=O)c1c[nH]c(=O)cn1)C(=O)O. The summed E-state index contributed by atoms with van der Waals surface area (Å²) in [7, 11) is 1.32. The van der Waals surface area contributed by atoms with Crippen LogP contribution in [0, 0.1) is 0 Å². The summed E-state index contributed by atoms with van der Waals surface area (Å²) in [5.74, 6) is -1.92. The van der Waals surface area contributed by atoms with Crippen LogP contribution in [0.3, 0.4) is 0 Å². The zero-order valence-corrected chi connectivity index (χ0v) is 8.97. The minimum atomic E-state index is -1.22. The largest absolute Gasteiger partial charge is 0.480 e. The van der Waals surface area contributed by atoms with E-state index in [0.29, 0.717) is 0 Å². The first-order valence-electron chi connectivity index (χ1n) is 4.62. The van der Waals surface area contributed by atoms with E-state index in [2.05, 4.69) is 20.0 Å². The van der Waals surface area contributed by atoms with Crippen LogP contribution in [0.1, 0.15) is 10.5 Å². The number of rotatable bonds is 5. The molecule has 1 amide bonds. The molecular formula is C9H11N3O5. The average Bonchev–Trinajstić information content (AvgIpc) is 2.29. The lowest BCUT2D eigenvalue weighted by Crippen LogP contribution is -2.44. The molecule has 1 heterocycles.